The molecule has 1 atom stereocenters. The fourth-order valence-corrected chi connectivity index (χ4v) is 3.09. The Morgan fingerprint density at radius 3 is 2.58 bits per heavy atom. The van der Waals surface area contributed by atoms with Crippen LogP contribution in [0.15, 0.2) is 41.6 Å². The fraction of sp³-hybridized carbons (Fsp3) is 0.308. The van der Waals surface area contributed by atoms with E-state index in [1.54, 1.807) is 6.92 Å². The highest BCUT2D eigenvalue weighted by molar-refractivity contribution is 7.89. The lowest BCUT2D eigenvalue weighted by Gasteiger charge is -2.13. The molecule has 6 heteroatoms. The highest BCUT2D eigenvalue weighted by Crippen LogP contribution is 2.08. The van der Waals surface area contributed by atoms with E-state index in [-0.39, 0.29) is 11.1 Å². The molecule has 0 spiro atoms. The normalized spacial score (nSPS) is 13.4. The smallest absolute Gasteiger partial charge is 0.257 e. The lowest BCUT2D eigenvalue weighted by atomic mass is 10.1. The molecule has 0 saturated carbocycles. The molecule has 1 aromatic heterocycles. The van der Waals surface area contributed by atoms with E-state index >= 15 is 0 Å². The van der Waals surface area contributed by atoms with Crippen molar-refractivity contribution in [1.29, 1.82) is 0 Å². The zero-order valence-electron chi connectivity index (χ0n) is 10.9. The van der Waals surface area contributed by atoms with Crippen LogP contribution in [0.1, 0.15) is 18.3 Å². The quantitative estimate of drug-likeness (QED) is 0.873. The first-order valence-corrected chi connectivity index (χ1v) is 7.53. The minimum atomic E-state index is -3.53. The number of nitrogens with one attached hydrogen (secondary N) is 2. The van der Waals surface area contributed by atoms with Gasteiger partial charge in [0, 0.05) is 6.04 Å². The summed E-state index contributed by atoms with van der Waals surface area (Å²) in [7, 11) is -3.53. The first-order chi connectivity index (χ1) is 8.97. The van der Waals surface area contributed by atoms with Crippen molar-refractivity contribution in [2.45, 2.75) is 31.3 Å². The lowest BCUT2D eigenvalue weighted by molar-refractivity contribution is 0.556. The number of nitrogens with zero attached hydrogens (tertiary/aromatic N) is 1. The van der Waals surface area contributed by atoms with Crippen LogP contribution in [0.4, 0.5) is 0 Å². The molecule has 2 aromatic rings. The van der Waals surface area contributed by atoms with E-state index in [2.05, 4.69) is 14.7 Å². The lowest BCUT2D eigenvalue weighted by Crippen LogP contribution is -2.34. The number of sulfonamides is 1. The fourth-order valence-electron chi connectivity index (χ4n) is 1.87. The molecule has 5 nitrogen and oxygen atoms in total. The van der Waals surface area contributed by atoms with Gasteiger partial charge in [-0.05, 0) is 25.8 Å². The maximum Gasteiger partial charge on any atom is 0.257 e. The van der Waals surface area contributed by atoms with Crippen molar-refractivity contribution in [1.82, 2.24) is 14.7 Å². The molecule has 0 aliphatic heterocycles. The Kier molecular flexibility index (Phi) is 4.01. The Labute approximate surface area is 113 Å². The van der Waals surface area contributed by atoms with Gasteiger partial charge in [0.05, 0.1) is 6.20 Å². The molecule has 2 rings (SSSR count). The van der Waals surface area contributed by atoms with Gasteiger partial charge in [-0.15, -0.1) is 0 Å². The maximum atomic E-state index is 12.1. The minimum Gasteiger partial charge on any atom is -0.332 e. The van der Waals surface area contributed by atoms with E-state index in [9.17, 15) is 8.42 Å². The summed E-state index contributed by atoms with van der Waals surface area (Å²) in [6.45, 7) is 3.56. The highest BCUT2D eigenvalue weighted by atomic mass is 32.2. The van der Waals surface area contributed by atoms with Crippen molar-refractivity contribution in [3.8, 4) is 0 Å². The predicted molar refractivity (Wildman–Crippen MR) is 73.3 cm³/mol. The number of rotatable bonds is 5. The van der Waals surface area contributed by atoms with Crippen LogP contribution in [0.25, 0.3) is 0 Å². The Bertz CT molecular complexity index is 635. The maximum absolute atomic E-state index is 12.1. The summed E-state index contributed by atoms with van der Waals surface area (Å²) in [4.78, 5) is 6.62. The van der Waals surface area contributed by atoms with Gasteiger partial charge in [0.2, 0.25) is 0 Å². The molecule has 2 N–H and O–H groups in total. The van der Waals surface area contributed by atoms with E-state index < -0.39 is 10.0 Å². The van der Waals surface area contributed by atoms with Gasteiger partial charge >= 0.3 is 0 Å². The predicted octanol–water partition coefficient (Wildman–Crippen LogP) is 1.63. The van der Waals surface area contributed by atoms with E-state index in [1.807, 2.05) is 37.3 Å². The largest absolute Gasteiger partial charge is 0.332 e. The summed E-state index contributed by atoms with van der Waals surface area (Å²) in [6.07, 6.45) is 1.97. The molecule has 0 radical (unpaired) electrons. The summed E-state index contributed by atoms with van der Waals surface area (Å²) in [5.41, 5.74) is 1.10. The molecule has 1 aromatic carbocycles. The molecular formula is C13H17N3O2S. The highest BCUT2D eigenvalue weighted by Gasteiger charge is 2.19. The molecule has 102 valence electrons. The zero-order chi connectivity index (χ0) is 13.9. The molecule has 0 amide bonds. The Morgan fingerprint density at radius 2 is 2.00 bits per heavy atom. The minimum absolute atomic E-state index is 0.102. The third-order valence-electron chi connectivity index (χ3n) is 2.71. The van der Waals surface area contributed by atoms with Gasteiger partial charge in [-0.2, -0.15) is 0 Å². The summed E-state index contributed by atoms with van der Waals surface area (Å²) in [5, 5.41) is 0.102. The third-order valence-corrected chi connectivity index (χ3v) is 4.21. The number of imidazole rings is 1. The van der Waals surface area contributed by atoms with Gasteiger partial charge in [-0.1, -0.05) is 30.3 Å². The third kappa shape index (κ3) is 3.65. The zero-order valence-corrected chi connectivity index (χ0v) is 11.7. The molecule has 0 aliphatic rings. The van der Waals surface area contributed by atoms with E-state index in [0.717, 1.165) is 5.56 Å². The van der Waals surface area contributed by atoms with E-state index in [0.29, 0.717) is 12.2 Å². The van der Waals surface area contributed by atoms with Crippen LogP contribution >= 0.6 is 0 Å². The standard InChI is InChI=1S/C13H17N3O2S/c1-10(8-12-6-4-3-5-7-12)16-19(17,18)13-9-14-11(2)15-13/h3-7,9-10,16H,8H2,1-2H3,(H,14,15). The second-order valence-electron chi connectivity index (χ2n) is 4.54. The number of H-pyrrole nitrogens is 1. The van der Waals surface area contributed by atoms with Crippen molar-refractivity contribution in [3.05, 3.63) is 47.9 Å². The molecular weight excluding hydrogens is 262 g/mol. The first-order valence-electron chi connectivity index (χ1n) is 6.05. The van der Waals surface area contributed by atoms with Gasteiger partial charge < -0.3 is 4.98 Å². The Morgan fingerprint density at radius 1 is 1.32 bits per heavy atom. The second kappa shape index (κ2) is 5.54. The monoisotopic (exact) mass is 279 g/mol. The van der Waals surface area contributed by atoms with Crippen molar-refractivity contribution in [2.75, 3.05) is 0 Å². The average molecular weight is 279 g/mol. The van der Waals surface area contributed by atoms with Gasteiger partial charge in [-0.3, -0.25) is 0 Å². The van der Waals surface area contributed by atoms with Gasteiger partial charge in [0.15, 0.2) is 5.03 Å². The van der Waals surface area contributed by atoms with Crippen LogP contribution in [0, 0.1) is 6.92 Å². The van der Waals surface area contributed by atoms with Crippen molar-refractivity contribution >= 4 is 10.0 Å². The number of aromatic nitrogens is 2. The molecule has 0 aliphatic carbocycles. The van der Waals surface area contributed by atoms with Crippen LogP contribution in [0.5, 0.6) is 0 Å². The van der Waals surface area contributed by atoms with Gasteiger partial charge in [-0.25, -0.2) is 18.1 Å². The molecule has 19 heavy (non-hydrogen) atoms. The Balaban J connectivity index is 2.04. The van der Waals surface area contributed by atoms with Gasteiger partial charge in [0.1, 0.15) is 5.82 Å². The average Bonchev–Trinajstić information content (AvgIpc) is 2.77. The van der Waals surface area contributed by atoms with Crippen molar-refractivity contribution < 1.29 is 8.42 Å². The first kappa shape index (κ1) is 13.8. The topological polar surface area (TPSA) is 74.8 Å². The van der Waals surface area contributed by atoms with Crippen LogP contribution in [0.2, 0.25) is 0 Å². The summed E-state index contributed by atoms with van der Waals surface area (Å²) >= 11 is 0. The second-order valence-corrected chi connectivity index (χ2v) is 6.23. The summed E-state index contributed by atoms with van der Waals surface area (Å²) in [6, 6.07) is 9.59. The number of hydrogen-bond acceptors (Lipinski definition) is 3. The van der Waals surface area contributed by atoms with Crippen LogP contribution in [0.3, 0.4) is 0 Å². The van der Waals surface area contributed by atoms with Gasteiger partial charge in [0.25, 0.3) is 10.0 Å². The molecule has 1 unspecified atom stereocenters. The number of benzene rings is 1. The summed E-state index contributed by atoms with van der Waals surface area (Å²) in [5.74, 6) is 0.580. The summed E-state index contributed by atoms with van der Waals surface area (Å²) < 4.78 is 26.8. The van der Waals surface area contributed by atoms with Crippen LogP contribution in [-0.4, -0.2) is 24.4 Å². The number of aryl methyl sites for hydroxylation is 1. The molecule has 0 fully saturated rings. The SMILES string of the molecule is Cc1ncc(S(=O)(=O)NC(C)Cc2ccccc2)[nH]1. The van der Waals surface area contributed by atoms with Crippen LogP contribution in [-0.2, 0) is 16.4 Å². The van der Waals surface area contributed by atoms with E-state index in [4.69, 9.17) is 0 Å². The molecule has 0 saturated heterocycles. The number of hydrogen-bond donors (Lipinski definition) is 2. The number of aromatic amines is 1. The van der Waals surface area contributed by atoms with Crippen molar-refractivity contribution in [3.63, 3.8) is 0 Å². The molecule has 0 bridgehead atoms. The molecule has 1 heterocycles. The van der Waals surface area contributed by atoms with E-state index in [1.165, 1.54) is 6.20 Å². The van der Waals surface area contributed by atoms with Crippen molar-refractivity contribution in [2.24, 2.45) is 0 Å². The van der Waals surface area contributed by atoms with Crippen LogP contribution < -0.4 is 4.72 Å². The Hall–Kier alpha value is -1.66.